The Balaban J connectivity index is 2.44. The zero-order valence-electron chi connectivity index (χ0n) is 20.4. The number of hydrogen-bond donors (Lipinski definition) is 1. The van der Waals surface area contributed by atoms with Crippen LogP contribution in [0.25, 0.3) is 0 Å². The number of amides is 2. The Labute approximate surface area is 208 Å². The maximum Gasteiger partial charge on any atom is 0.244 e. The van der Waals surface area contributed by atoms with Gasteiger partial charge in [-0.3, -0.25) is 13.9 Å². The van der Waals surface area contributed by atoms with Crippen molar-refractivity contribution in [2.75, 3.05) is 23.7 Å². The average Bonchev–Trinajstić information content (AvgIpc) is 2.78. The van der Waals surface area contributed by atoms with E-state index in [0.717, 1.165) is 28.1 Å². The molecule has 34 heavy (non-hydrogen) atoms. The van der Waals surface area contributed by atoms with E-state index in [2.05, 4.69) is 5.32 Å². The minimum Gasteiger partial charge on any atom is -0.354 e. The predicted octanol–water partition coefficient (Wildman–Crippen LogP) is 4.17. The molecule has 186 valence electrons. The summed E-state index contributed by atoms with van der Waals surface area (Å²) in [7, 11) is -3.78. The molecular weight excluding hydrogens is 474 g/mol. The number of rotatable bonds is 11. The van der Waals surface area contributed by atoms with Gasteiger partial charge in [-0.15, -0.1) is 0 Å². The Kier molecular flexibility index (Phi) is 9.94. The lowest BCUT2D eigenvalue weighted by molar-refractivity contribution is -0.139. The van der Waals surface area contributed by atoms with E-state index in [0.29, 0.717) is 17.3 Å². The van der Waals surface area contributed by atoms with Crippen molar-refractivity contribution < 1.29 is 18.0 Å². The van der Waals surface area contributed by atoms with Crippen molar-refractivity contribution in [3.63, 3.8) is 0 Å². The van der Waals surface area contributed by atoms with Gasteiger partial charge in [0.25, 0.3) is 0 Å². The second-order valence-electron chi connectivity index (χ2n) is 8.60. The number of nitrogens with one attached hydrogen (secondary N) is 1. The van der Waals surface area contributed by atoms with Crippen LogP contribution in [0.1, 0.15) is 51.2 Å². The highest BCUT2D eigenvalue weighted by atomic mass is 35.5. The van der Waals surface area contributed by atoms with Gasteiger partial charge in [0.05, 0.1) is 11.9 Å². The molecule has 0 heterocycles. The van der Waals surface area contributed by atoms with E-state index >= 15 is 0 Å². The molecule has 0 aliphatic heterocycles. The summed E-state index contributed by atoms with van der Waals surface area (Å²) in [5.41, 5.74) is 2.01. The third-order valence-electron chi connectivity index (χ3n) is 5.47. The first-order chi connectivity index (χ1) is 16.0. The summed E-state index contributed by atoms with van der Waals surface area (Å²) in [5, 5.41) is 3.32. The number of benzene rings is 2. The zero-order valence-corrected chi connectivity index (χ0v) is 22.0. The number of anilines is 1. The maximum atomic E-state index is 13.6. The summed E-state index contributed by atoms with van der Waals surface area (Å²) >= 11 is 6.12. The van der Waals surface area contributed by atoms with E-state index in [4.69, 9.17) is 11.6 Å². The van der Waals surface area contributed by atoms with Gasteiger partial charge in [-0.05, 0) is 48.6 Å². The Morgan fingerprint density at radius 3 is 2.32 bits per heavy atom. The number of hydrogen-bond acceptors (Lipinski definition) is 4. The van der Waals surface area contributed by atoms with Gasteiger partial charge in [0.1, 0.15) is 12.6 Å². The highest BCUT2D eigenvalue weighted by Crippen LogP contribution is 2.29. The van der Waals surface area contributed by atoms with Crippen LogP contribution in [-0.2, 0) is 26.2 Å². The van der Waals surface area contributed by atoms with Gasteiger partial charge >= 0.3 is 0 Å². The van der Waals surface area contributed by atoms with E-state index < -0.39 is 28.5 Å². The second kappa shape index (κ2) is 12.2. The number of carbonyl (C=O) groups is 2. The molecular formula is C25H34ClN3O4S. The van der Waals surface area contributed by atoms with E-state index in [1.54, 1.807) is 37.3 Å². The molecule has 7 nitrogen and oxygen atoms in total. The fourth-order valence-electron chi connectivity index (χ4n) is 3.61. The summed E-state index contributed by atoms with van der Waals surface area (Å²) in [6.07, 6.45) is 1.84. The van der Waals surface area contributed by atoms with Gasteiger partial charge < -0.3 is 10.2 Å². The molecule has 0 aliphatic carbocycles. The molecule has 2 rings (SSSR count). The maximum absolute atomic E-state index is 13.6. The lowest BCUT2D eigenvalue weighted by Crippen LogP contribution is -2.51. The molecule has 0 unspecified atom stereocenters. The fraction of sp³-hybridized carbons (Fsp3) is 0.440. The van der Waals surface area contributed by atoms with E-state index in [-0.39, 0.29) is 18.4 Å². The normalized spacial score (nSPS) is 12.3. The van der Waals surface area contributed by atoms with Crippen LogP contribution in [0.4, 0.5) is 5.69 Å². The van der Waals surface area contributed by atoms with Gasteiger partial charge in [0, 0.05) is 18.1 Å². The molecule has 9 heteroatoms. The SMILES string of the molecule is CCCNC(=O)[C@@H](C)N(Cc1cccc(Cl)c1)C(=O)CN(c1ccccc1C(C)C)S(C)(=O)=O. The Bertz CT molecular complexity index is 1100. The van der Waals surface area contributed by atoms with Crippen LogP contribution in [0.5, 0.6) is 0 Å². The zero-order chi connectivity index (χ0) is 25.5. The molecule has 2 aromatic carbocycles. The molecule has 0 aromatic heterocycles. The topological polar surface area (TPSA) is 86.8 Å². The van der Waals surface area contributed by atoms with Crippen molar-refractivity contribution in [3.05, 3.63) is 64.7 Å². The van der Waals surface area contributed by atoms with Crippen molar-refractivity contribution in [2.24, 2.45) is 0 Å². The average molecular weight is 508 g/mol. The number of carbonyl (C=O) groups excluding carboxylic acids is 2. The minimum atomic E-state index is -3.78. The van der Waals surface area contributed by atoms with Gasteiger partial charge in [0.15, 0.2) is 0 Å². The molecule has 0 saturated carbocycles. The van der Waals surface area contributed by atoms with Crippen molar-refractivity contribution in [1.82, 2.24) is 10.2 Å². The van der Waals surface area contributed by atoms with Gasteiger partial charge in [0.2, 0.25) is 21.8 Å². The van der Waals surface area contributed by atoms with E-state index in [9.17, 15) is 18.0 Å². The number of para-hydroxylation sites is 1. The fourth-order valence-corrected chi connectivity index (χ4v) is 4.69. The first-order valence-corrected chi connectivity index (χ1v) is 13.6. The molecule has 1 N–H and O–H groups in total. The summed E-state index contributed by atoms with van der Waals surface area (Å²) in [6.45, 7) is 7.69. The van der Waals surface area contributed by atoms with Crippen molar-refractivity contribution in [1.29, 1.82) is 0 Å². The Morgan fingerprint density at radius 2 is 1.74 bits per heavy atom. The van der Waals surface area contributed by atoms with Crippen LogP contribution in [0.3, 0.4) is 0 Å². The van der Waals surface area contributed by atoms with Gasteiger partial charge in [-0.1, -0.05) is 62.7 Å². The van der Waals surface area contributed by atoms with Crippen LogP contribution >= 0.6 is 11.6 Å². The summed E-state index contributed by atoms with van der Waals surface area (Å²) in [4.78, 5) is 27.7. The first-order valence-electron chi connectivity index (χ1n) is 11.3. The lowest BCUT2D eigenvalue weighted by atomic mass is 10.0. The Hall–Kier alpha value is -2.58. The van der Waals surface area contributed by atoms with Crippen LogP contribution in [0, 0.1) is 0 Å². The molecule has 2 aromatic rings. The summed E-state index contributed by atoms with van der Waals surface area (Å²) in [5.74, 6) is -0.731. The van der Waals surface area contributed by atoms with Crippen LogP contribution in [-0.4, -0.2) is 50.5 Å². The summed E-state index contributed by atoms with van der Waals surface area (Å²) < 4.78 is 26.7. The van der Waals surface area contributed by atoms with Crippen LogP contribution in [0.2, 0.25) is 5.02 Å². The van der Waals surface area contributed by atoms with Gasteiger partial charge in [-0.25, -0.2) is 8.42 Å². The van der Waals surface area contributed by atoms with E-state index in [1.165, 1.54) is 4.90 Å². The van der Waals surface area contributed by atoms with Crippen molar-refractivity contribution in [3.8, 4) is 0 Å². The highest BCUT2D eigenvalue weighted by Gasteiger charge is 2.31. The minimum absolute atomic E-state index is 0.0526. The standard InChI is InChI=1S/C25H34ClN3O4S/c1-6-14-27-25(31)19(4)28(16-20-10-9-11-21(26)15-20)24(30)17-29(34(5,32)33)23-13-8-7-12-22(23)18(2)3/h7-13,15,18-19H,6,14,16-17H2,1-5H3,(H,27,31)/t19-/m1/s1. The van der Waals surface area contributed by atoms with E-state index in [1.807, 2.05) is 39.0 Å². The predicted molar refractivity (Wildman–Crippen MR) is 137 cm³/mol. The molecule has 1 atom stereocenters. The van der Waals surface area contributed by atoms with Gasteiger partial charge in [-0.2, -0.15) is 0 Å². The molecule has 0 fully saturated rings. The third-order valence-corrected chi connectivity index (χ3v) is 6.83. The lowest BCUT2D eigenvalue weighted by Gasteiger charge is -2.32. The number of sulfonamides is 1. The molecule has 0 radical (unpaired) electrons. The highest BCUT2D eigenvalue weighted by molar-refractivity contribution is 7.92. The molecule has 0 bridgehead atoms. The molecule has 0 saturated heterocycles. The monoisotopic (exact) mass is 507 g/mol. The molecule has 0 aliphatic rings. The smallest absolute Gasteiger partial charge is 0.244 e. The quantitative estimate of drug-likeness (QED) is 0.494. The molecule has 0 spiro atoms. The largest absolute Gasteiger partial charge is 0.354 e. The Morgan fingerprint density at radius 1 is 1.06 bits per heavy atom. The number of nitrogens with zero attached hydrogens (tertiary/aromatic N) is 2. The summed E-state index contributed by atoms with van der Waals surface area (Å²) in [6, 6.07) is 13.4. The van der Waals surface area contributed by atoms with Crippen molar-refractivity contribution >= 4 is 39.1 Å². The number of halogens is 1. The first kappa shape index (κ1) is 27.7. The van der Waals surface area contributed by atoms with Crippen LogP contribution in [0.15, 0.2) is 48.5 Å². The van der Waals surface area contributed by atoms with Crippen molar-refractivity contribution in [2.45, 2.75) is 52.6 Å². The molecule has 2 amide bonds. The second-order valence-corrected chi connectivity index (χ2v) is 10.9. The third kappa shape index (κ3) is 7.46. The van der Waals surface area contributed by atoms with Crippen LogP contribution < -0.4 is 9.62 Å².